The Kier molecular flexibility index (Phi) is 5.66. The molecule has 0 spiro atoms. The molecule has 0 atom stereocenters. The van der Waals surface area contributed by atoms with Crippen molar-refractivity contribution >= 4 is 22.8 Å². The molecule has 0 radical (unpaired) electrons. The van der Waals surface area contributed by atoms with E-state index < -0.39 is 5.82 Å². The number of aromatic nitrogens is 3. The largest absolute Gasteiger partial charge is 0.494 e. The van der Waals surface area contributed by atoms with Gasteiger partial charge in [-0.2, -0.15) is 0 Å². The Morgan fingerprint density at radius 1 is 1.35 bits per heavy atom. The van der Waals surface area contributed by atoms with Gasteiger partial charge in [0, 0.05) is 18.0 Å². The fourth-order valence-electron chi connectivity index (χ4n) is 2.78. The first-order chi connectivity index (χ1) is 12.5. The smallest absolute Gasteiger partial charge is 0.278 e. The number of hydrogen-bond donors (Lipinski definition) is 1. The second kappa shape index (κ2) is 7.95. The van der Waals surface area contributed by atoms with Crippen molar-refractivity contribution in [2.45, 2.75) is 44.1 Å². The van der Waals surface area contributed by atoms with Crippen molar-refractivity contribution in [1.29, 1.82) is 0 Å². The lowest BCUT2D eigenvalue weighted by atomic mass is 10.2. The number of aromatic amines is 1. The summed E-state index contributed by atoms with van der Waals surface area (Å²) in [6.07, 6.45) is 1.89. The van der Waals surface area contributed by atoms with E-state index in [1.807, 2.05) is 19.1 Å². The number of nitrogens with one attached hydrogen (secondary N) is 1. The number of thioether (sulfide) groups is 1. The highest BCUT2D eigenvalue weighted by atomic mass is 32.2. The van der Waals surface area contributed by atoms with Crippen LogP contribution in [0.5, 0.6) is 5.75 Å². The molecule has 2 aromatic heterocycles. The van der Waals surface area contributed by atoms with Crippen LogP contribution in [0.2, 0.25) is 0 Å². The molecule has 3 aromatic rings. The Balaban J connectivity index is 1.92. The molecule has 0 bridgehead atoms. The van der Waals surface area contributed by atoms with Gasteiger partial charge in [0.05, 0.1) is 12.6 Å². The summed E-state index contributed by atoms with van der Waals surface area (Å²) in [5.74, 6) is 0.355. The van der Waals surface area contributed by atoms with E-state index in [-0.39, 0.29) is 11.3 Å². The number of H-pyrrole nitrogens is 1. The number of methoxy groups -OCH3 is 1. The Morgan fingerprint density at radius 3 is 2.85 bits per heavy atom. The normalized spacial score (nSPS) is 11.2. The van der Waals surface area contributed by atoms with E-state index in [4.69, 9.17) is 4.74 Å². The number of fused-ring (bicyclic) bond motifs is 1. The van der Waals surface area contributed by atoms with Crippen LogP contribution in [0, 0.1) is 12.7 Å². The number of ether oxygens (including phenoxy) is 1. The number of rotatable bonds is 7. The van der Waals surface area contributed by atoms with Gasteiger partial charge in [0.15, 0.2) is 16.7 Å². The zero-order valence-corrected chi connectivity index (χ0v) is 16.0. The molecule has 138 valence electrons. The van der Waals surface area contributed by atoms with E-state index in [0.29, 0.717) is 28.5 Å². The van der Waals surface area contributed by atoms with Crippen LogP contribution in [-0.4, -0.2) is 21.6 Å². The van der Waals surface area contributed by atoms with Gasteiger partial charge in [-0.25, -0.2) is 9.37 Å². The summed E-state index contributed by atoms with van der Waals surface area (Å²) in [5, 5.41) is 0.658. The molecule has 5 nitrogen and oxygen atoms in total. The molecular formula is C19H22FN3O2S. The van der Waals surface area contributed by atoms with Crippen molar-refractivity contribution in [3.8, 4) is 5.75 Å². The van der Waals surface area contributed by atoms with Crippen LogP contribution in [0.1, 0.15) is 31.0 Å². The first-order valence-corrected chi connectivity index (χ1v) is 9.57. The second-order valence-corrected chi connectivity index (χ2v) is 7.12. The highest BCUT2D eigenvalue weighted by Crippen LogP contribution is 2.25. The maximum absolute atomic E-state index is 13.9. The molecule has 0 saturated heterocycles. The second-order valence-electron chi connectivity index (χ2n) is 6.17. The molecule has 0 amide bonds. The van der Waals surface area contributed by atoms with E-state index in [1.165, 1.54) is 24.9 Å². The summed E-state index contributed by atoms with van der Waals surface area (Å²) < 4.78 is 20.6. The van der Waals surface area contributed by atoms with Gasteiger partial charge >= 0.3 is 0 Å². The predicted molar refractivity (Wildman–Crippen MR) is 103 cm³/mol. The molecule has 0 aliphatic carbocycles. The average Bonchev–Trinajstić information content (AvgIpc) is 3.00. The number of aryl methyl sites for hydroxylation is 1. The minimum Gasteiger partial charge on any atom is -0.494 e. The Bertz CT molecular complexity index is 981. The summed E-state index contributed by atoms with van der Waals surface area (Å²) >= 11 is 1.44. The summed E-state index contributed by atoms with van der Waals surface area (Å²) in [4.78, 5) is 20.6. The first-order valence-electron chi connectivity index (χ1n) is 8.58. The Hall–Kier alpha value is -2.28. The molecule has 1 N–H and O–H groups in total. The maximum atomic E-state index is 13.9. The highest BCUT2D eigenvalue weighted by molar-refractivity contribution is 7.98. The van der Waals surface area contributed by atoms with Crippen molar-refractivity contribution in [2.75, 3.05) is 7.11 Å². The molecule has 0 saturated carbocycles. The van der Waals surface area contributed by atoms with Crippen LogP contribution >= 0.6 is 11.8 Å². The van der Waals surface area contributed by atoms with Crippen molar-refractivity contribution in [3.63, 3.8) is 0 Å². The van der Waals surface area contributed by atoms with Gasteiger partial charge in [-0.1, -0.05) is 31.2 Å². The van der Waals surface area contributed by atoms with Crippen molar-refractivity contribution in [1.82, 2.24) is 14.5 Å². The molecule has 0 aliphatic rings. The zero-order valence-electron chi connectivity index (χ0n) is 15.1. The average molecular weight is 375 g/mol. The molecule has 3 rings (SSSR count). The van der Waals surface area contributed by atoms with Gasteiger partial charge in [-0.05, 0) is 37.1 Å². The Labute approximate surface area is 155 Å². The third-order valence-corrected chi connectivity index (χ3v) is 5.20. The number of hydrogen-bond acceptors (Lipinski definition) is 4. The molecule has 2 heterocycles. The van der Waals surface area contributed by atoms with Gasteiger partial charge < -0.3 is 9.72 Å². The standard InChI is InChI=1S/C19H22FN3O2S/c1-4-5-8-23-18(24)17-15(9-12(2)21-17)22-19(23)26-11-13-6-7-16(25-3)14(20)10-13/h6-7,9-10,21H,4-5,8,11H2,1-3H3. The topological polar surface area (TPSA) is 59.9 Å². The number of nitrogens with zero attached hydrogens (tertiary/aromatic N) is 2. The fourth-order valence-corrected chi connectivity index (χ4v) is 3.75. The van der Waals surface area contributed by atoms with Crippen LogP contribution < -0.4 is 10.3 Å². The molecule has 26 heavy (non-hydrogen) atoms. The maximum Gasteiger partial charge on any atom is 0.278 e. The van der Waals surface area contributed by atoms with Gasteiger partial charge in [-0.3, -0.25) is 9.36 Å². The first kappa shape index (κ1) is 18.5. The van der Waals surface area contributed by atoms with Crippen LogP contribution in [0.25, 0.3) is 11.0 Å². The van der Waals surface area contributed by atoms with Gasteiger partial charge in [-0.15, -0.1) is 0 Å². The number of benzene rings is 1. The monoisotopic (exact) mass is 375 g/mol. The summed E-state index contributed by atoms with van der Waals surface area (Å²) in [7, 11) is 1.44. The van der Waals surface area contributed by atoms with Crippen LogP contribution in [0.4, 0.5) is 4.39 Å². The van der Waals surface area contributed by atoms with Crippen LogP contribution in [0.15, 0.2) is 34.2 Å². The molecule has 0 unspecified atom stereocenters. The number of halogens is 1. The summed E-state index contributed by atoms with van der Waals surface area (Å²) in [6.45, 7) is 4.61. The predicted octanol–water partition coefficient (Wildman–Crippen LogP) is 4.27. The number of unbranched alkanes of at least 4 members (excludes halogenated alkanes) is 1. The van der Waals surface area contributed by atoms with Gasteiger partial charge in [0.1, 0.15) is 5.52 Å². The molecule has 1 aromatic carbocycles. The SMILES string of the molecule is CCCCn1c(SCc2ccc(OC)c(F)c2)nc2cc(C)[nH]c2c1=O. The van der Waals surface area contributed by atoms with Gasteiger partial charge in [0.25, 0.3) is 5.56 Å². The van der Waals surface area contributed by atoms with E-state index in [1.54, 1.807) is 10.6 Å². The lowest BCUT2D eigenvalue weighted by Crippen LogP contribution is -2.23. The van der Waals surface area contributed by atoms with Crippen molar-refractivity contribution in [2.24, 2.45) is 0 Å². The summed E-state index contributed by atoms with van der Waals surface area (Å²) in [5.41, 5.74) is 2.88. The molecule has 7 heteroatoms. The van der Waals surface area contributed by atoms with Crippen LogP contribution in [0.3, 0.4) is 0 Å². The Morgan fingerprint density at radius 2 is 2.15 bits per heavy atom. The lowest BCUT2D eigenvalue weighted by molar-refractivity contribution is 0.386. The molecular weight excluding hydrogens is 353 g/mol. The van der Waals surface area contributed by atoms with E-state index in [2.05, 4.69) is 16.9 Å². The zero-order chi connectivity index (χ0) is 18.7. The molecule has 0 aliphatic heterocycles. The third kappa shape index (κ3) is 3.77. The summed E-state index contributed by atoms with van der Waals surface area (Å²) in [6, 6.07) is 6.77. The van der Waals surface area contributed by atoms with Gasteiger partial charge in [0.2, 0.25) is 0 Å². The molecule has 0 fully saturated rings. The van der Waals surface area contributed by atoms with E-state index in [9.17, 15) is 9.18 Å². The van der Waals surface area contributed by atoms with Crippen LogP contribution in [-0.2, 0) is 12.3 Å². The minimum atomic E-state index is -0.390. The van der Waals surface area contributed by atoms with Crippen molar-refractivity contribution in [3.05, 3.63) is 51.7 Å². The lowest BCUT2D eigenvalue weighted by Gasteiger charge is -2.12. The fraction of sp³-hybridized carbons (Fsp3) is 0.368. The van der Waals surface area contributed by atoms with Crippen molar-refractivity contribution < 1.29 is 9.13 Å². The minimum absolute atomic E-state index is 0.0556. The van der Waals surface area contributed by atoms with E-state index in [0.717, 1.165) is 24.1 Å². The highest BCUT2D eigenvalue weighted by Gasteiger charge is 2.14. The van der Waals surface area contributed by atoms with E-state index >= 15 is 0 Å². The third-order valence-electron chi connectivity index (χ3n) is 4.16. The quantitative estimate of drug-likeness (QED) is 0.495.